The fraction of sp³-hybridized carbons (Fsp3) is 0.625. The molecule has 1 aromatic rings. The normalized spacial score (nSPS) is 13.5. The van der Waals surface area contributed by atoms with E-state index in [1.54, 1.807) is 7.11 Å². The number of hydrogen-bond donors (Lipinski definition) is 0. The first-order chi connectivity index (χ1) is 5.15. The minimum Gasteiger partial charge on any atom is -0.375 e. The SMILES string of the molecule is COC(C)c1cc(C)nn1C. The van der Waals surface area contributed by atoms with Crippen molar-refractivity contribution in [3.8, 4) is 0 Å². The fourth-order valence-corrected chi connectivity index (χ4v) is 1.13. The van der Waals surface area contributed by atoms with Gasteiger partial charge in [-0.25, -0.2) is 0 Å². The van der Waals surface area contributed by atoms with Crippen molar-refractivity contribution in [2.75, 3.05) is 7.11 Å². The highest BCUT2D eigenvalue weighted by molar-refractivity contribution is 5.10. The first-order valence-corrected chi connectivity index (χ1v) is 3.68. The lowest BCUT2D eigenvalue weighted by atomic mass is 10.2. The van der Waals surface area contributed by atoms with Gasteiger partial charge in [-0.05, 0) is 19.9 Å². The van der Waals surface area contributed by atoms with E-state index in [-0.39, 0.29) is 6.10 Å². The van der Waals surface area contributed by atoms with Gasteiger partial charge in [0.25, 0.3) is 0 Å². The Balaban J connectivity index is 2.93. The van der Waals surface area contributed by atoms with Crippen LogP contribution in [0.25, 0.3) is 0 Å². The summed E-state index contributed by atoms with van der Waals surface area (Å²) in [7, 11) is 3.63. The van der Waals surface area contributed by atoms with Gasteiger partial charge in [-0.2, -0.15) is 5.10 Å². The third-order valence-corrected chi connectivity index (χ3v) is 1.81. The Bertz CT molecular complexity index is 242. The molecular weight excluding hydrogens is 140 g/mol. The molecule has 0 aliphatic carbocycles. The minimum absolute atomic E-state index is 0.126. The van der Waals surface area contributed by atoms with Crippen LogP contribution in [0, 0.1) is 6.92 Å². The average molecular weight is 154 g/mol. The van der Waals surface area contributed by atoms with Gasteiger partial charge in [0.1, 0.15) is 0 Å². The van der Waals surface area contributed by atoms with E-state index in [4.69, 9.17) is 4.74 Å². The zero-order valence-corrected chi connectivity index (χ0v) is 7.46. The zero-order chi connectivity index (χ0) is 8.43. The second-order valence-electron chi connectivity index (χ2n) is 2.71. The first-order valence-electron chi connectivity index (χ1n) is 3.68. The van der Waals surface area contributed by atoms with Crippen LogP contribution in [-0.2, 0) is 11.8 Å². The van der Waals surface area contributed by atoms with Crippen LogP contribution >= 0.6 is 0 Å². The van der Waals surface area contributed by atoms with Crippen molar-refractivity contribution in [1.82, 2.24) is 9.78 Å². The zero-order valence-electron chi connectivity index (χ0n) is 7.46. The molecule has 0 aliphatic heterocycles. The van der Waals surface area contributed by atoms with Gasteiger partial charge in [-0.1, -0.05) is 0 Å². The number of aryl methyl sites for hydroxylation is 2. The minimum atomic E-state index is 0.126. The molecule has 1 unspecified atom stereocenters. The Morgan fingerprint density at radius 2 is 2.27 bits per heavy atom. The molecule has 3 heteroatoms. The topological polar surface area (TPSA) is 27.1 Å². The van der Waals surface area contributed by atoms with Crippen molar-refractivity contribution in [2.45, 2.75) is 20.0 Å². The number of rotatable bonds is 2. The van der Waals surface area contributed by atoms with E-state index >= 15 is 0 Å². The molecule has 1 rings (SSSR count). The van der Waals surface area contributed by atoms with Gasteiger partial charge in [0.15, 0.2) is 0 Å². The number of hydrogen-bond acceptors (Lipinski definition) is 2. The Morgan fingerprint density at radius 1 is 1.64 bits per heavy atom. The largest absolute Gasteiger partial charge is 0.375 e. The van der Waals surface area contributed by atoms with E-state index in [9.17, 15) is 0 Å². The molecule has 1 atom stereocenters. The van der Waals surface area contributed by atoms with Gasteiger partial charge < -0.3 is 4.74 Å². The van der Waals surface area contributed by atoms with Gasteiger partial charge in [0.2, 0.25) is 0 Å². The number of nitrogens with zero attached hydrogens (tertiary/aromatic N) is 2. The standard InChI is InChI=1S/C8H14N2O/c1-6-5-8(7(2)11-4)10(3)9-6/h5,7H,1-4H3. The molecule has 0 aromatic carbocycles. The summed E-state index contributed by atoms with van der Waals surface area (Å²) in [5, 5.41) is 4.22. The molecule has 1 heterocycles. The number of ether oxygens (including phenoxy) is 1. The van der Waals surface area contributed by atoms with Crippen molar-refractivity contribution in [3.05, 3.63) is 17.5 Å². The summed E-state index contributed by atoms with van der Waals surface area (Å²) in [5.41, 5.74) is 2.15. The van der Waals surface area contributed by atoms with Crippen molar-refractivity contribution in [2.24, 2.45) is 7.05 Å². The highest BCUT2D eigenvalue weighted by atomic mass is 16.5. The van der Waals surface area contributed by atoms with Crippen LogP contribution in [0.5, 0.6) is 0 Å². The Kier molecular flexibility index (Phi) is 2.29. The highest BCUT2D eigenvalue weighted by Gasteiger charge is 2.08. The molecule has 3 nitrogen and oxygen atoms in total. The molecule has 0 saturated heterocycles. The van der Waals surface area contributed by atoms with Crippen LogP contribution in [-0.4, -0.2) is 16.9 Å². The quantitative estimate of drug-likeness (QED) is 0.644. The maximum Gasteiger partial charge on any atom is 0.0959 e. The predicted molar refractivity (Wildman–Crippen MR) is 43.4 cm³/mol. The number of methoxy groups -OCH3 is 1. The van der Waals surface area contributed by atoms with Crippen LogP contribution < -0.4 is 0 Å². The first kappa shape index (κ1) is 8.27. The van der Waals surface area contributed by atoms with Gasteiger partial charge in [0, 0.05) is 14.2 Å². The summed E-state index contributed by atoms with van der Waals surface area (Å²) in [4.78, 5) is 0. The third kappa shape index (κ3) is 1.60. The molecule has 1 aromatic heterocycles. The monoisotopic (exact) mass is 154 g/mol. The Hall–Kier alpha value is -0.830. The molecule has 0 amide bonds. The van der Waals surface area contributed by atoms with Crippen LogP contribution in [0.15, 0.2) is 6.07 Å². The summed E-state index contributed by atoms with van der Waals surface area (Å²) in [6, 6.07) is 2.04. The molecule has 0 spiro atoms. The maximum absolute atomic E-state index is 5.17. The Labute approximate surface area is 67.0 Å². The lowest BCUT2D eigenvalue weighted by Gasteiger charge is -2.08. The number of aromatic nitrogens is 2. The van der Waals surface area contributed by atoms with E-state index in [2.05, 4.69) is 5.10 Å². The van der Waals surface area contributed by atoms with E-state index < -0.39 is 0 Å². The predicted octanol–water partition coefficient (Wildman–Crippen LogP) is 1.44. The van der Waals surface area contributed by atoms with Crippen molar-refractivity contribution in [1.29, 1.82) is 0 Å². The van der Waals surface area contributed by atoms with Gasteiger partial charge in [0.05, 0.1) is 17.5 Å². The molecule has 0 saturated carbocycles. The summed E-state index contributed by atoms with van der Waals surface area (Å²) >= 11 is 0. The molecule has 0 fully saturated rings. The summed E-state index contributed by atoms with van der Waals surface area (Å²) < 4.78 is 7.02. The summed E-state index contributed by atoms with van der Waals surface area (Å²) in [6.45, 7) is 3.99. The van der Waals surface area contributed by atoms with E-state index in [0.717, 1.165) is 11.4 Å². The molecule has 62 valence electrons. The third-order valence-electron chi connectivity index (χ3n) is 1.81. The van der Waals surface area contributed by atoms with Crippen LogP contribution in [0.3, 0.4) is 0 Å². The smallest absolute Gasteiger partial charge is 0.0959 e. The van der Waals surface area contributed by atoms with Crippen LogP contribution in [0.1, 0.15) is 24.4 Å². The fourth-order valence-electron chi connectivity index (χ4n) is 1.13. The van der Waals surface area contributed by atoms with Crippen molar-refractivity contribution < 1.29 is 4.74 Å². The second kappa shape index (κ2) is 3.05. The van der Waals surface area contributed by atoms with Crippen molar-refractivity contribution in [3.63, 3.8) is 0 Å². The lowest BCUT2D eigenvalue weighted by molar-refractivity contribution is 0.112. The van der Waals surface area contributed by atoms with Gasteiger partial charge >= 0.3 is 0 Å². The molecular formula is C8H14N2O. The van der Waals surface area contributed by atoms with E-state index in [0.29, 0.717) is 0 Å². The van der Waals surface area contributed by atoms with Crippen molar-refractivity contribution >= 4 is 0 Å². The lowest BCUT2D eigenvalue weighted by Crippen LogP contribution is -2.03. The van der Waals surface area contributed by atoms with E-state index in [1.807, 2.05) is 31.6 Å². The summed E-state index contributed by atoms with van der Waals surface area (Å²) in [6.07, 6.45) is 0.126. The van der Waals surface area contributed by atoms with Crippen LogP contribution in [0.2, 0.25) is 0 Å². The molecule has 11 heavy (non-hydrogen) atoms. The molecule has 0 N–H and O–H groups in total. The second-order valence-corrected chi connectivity index (χ2v) is 2.71. The van der Waals surface area contributed by atoms with Gasteiger partial charge in [-0.3, -0.25) is 4.68 Å². The molecule has 0 bridgehead atoms. The maximum atomic E-state index is 5.17. The average Bonchev–Trinajstić information content (AvgIpc) is 2.28. The molecule has 0 radical (unpaired) electrons. The van der Waals surface area contributed by atoms with E-state index in [1.165, 1.54) is 0 Å². The Morgan fingerprint density at radius 3 is 2.64 bits per heavy atom. The van der Waals surface area contributed by atoms with Crippen LogP contribution in [0.4, 0.5) is 0 Å². The molecule has 0 aliphatic rings. The van der Waals surface area contributed by atoms with Gasteiger partial charge in [-0.15, -0.1) is 0 Å². The highest BCUT2D eigenvalue weighted by Crippen LogP contribution is 2.15. The summed E-state index contributed by atoms with van der Waals surface area (Å²) in [5.74, 6) is 0.